The average molecular weight is 432 g/mol. The molecule has 2 aromatic carbocycles. The van der Waals surface area contributed by atoms with Gasteiger partial charge >= 0.3 is 6.36 Å². The Balaban J connectivity index is 1.72. The summed E-state index contributed by atoms with van der Waals surface area (Å²) in [5.41, 5.74) is 1.36. The number of halogens is 5. The summed E-state index contributed by atoms with van der Waals surface area (Å²) < 4.78 is 43.8. The summed E-state index contributed by atoms with van der Waals surface area (Å²) in [5.74, 6) is 0.173. The fraction of sp³-hybridized carbons (Fsp3) is 0.0588. The number of aromatic nitrogens is 2. The Labute approximate surface area is 166 Å². The highest BCUT2D eigenvalue weighted by atomic mass is 35.5. The van der Waals surface area contributed by atoms with Crippen molar-refractivity contribution in [3.8, 4) is 17.0 Å². The summed E-state index contributed by atoms with van der Waals surface area (Å²) in [6.45, 7) is 0. The molecular weight excluding hydrogens is 422 g/mol. The smallest absolute Gasteiger partial charge is 0.406 e. The van der Waals surface area contributed by atoms with E-state index in [4.69, 9.17) is 23.2 Å². The molecule has 27 heavy (non-hydrogen) atoms. The van der Waals surface area contributed by atoms with Gasteiger partial charge in [0.15, 0.2) is 0 Å². The molecule has 0 aliphatic heterocycles. The summed E-state index contributed by atoms with van der Waals surface area (Å²) in [6.07, 6.45) is -3.37. The van der Waals surface area contributed by atoms with Crippen LogP contribution in [-0.2, 0) is 0 Å². The molecule has 1 aromatic heterocycles. The number of anilines is 1. The number of ether oxygens (including phenoxy) is 1. The molecule has 0 atom stereocenters. The summed E-state index contributed by atoms with van der Waals surface area (Å²) in [4.78, 5) is 8.79. The molecule has 1 N–H and O–H groups in total. The molecule has 3 rings (SSSR count). The van der Waals surface area contributed by atoms with Crippen molar-refractivity contribution in [1.29, 1.82) is 0 Å². The molecule has 4 nitrogen and oxygen atoms in total. The molecule has 0 unspecified atom stereocenters. The van der Waals surface area contributed by atoms with Gasteiger partial charge in [-0.15, -0.1) is 13.2 Å². The van der Waals surface area contributed by atoms with Crippen LogP contribution in [0.15, 0.2) is 59.8 Å². The van der Waals surface area contributed by atoms with Crippen molar-refractivity contribution in [3.63, 3.8) is 0 Å². The molecule has 0 aliphatic rings. The number of nitrogens with zero attached hydrogens (tertiary/aromatic N) is 2. The van der Waals surface area contributed by atoms with Crippen molar-refractivity contribution in [1.82, 2.24) is 9.97 Å². The van der Waals surface area contributed by atoms with Crippen LogP contribution in [0.5, 0.6) is 5.75 Å². The zero-order chi connectivity index (χ0) is 19.4. The fourth-order valence-corrected chi connectivity index (χ4v) is 3.03. The number of nitrogens with one attached hydrogen (secondary N) is 1. The van der Waals surface area contributed by atoms with Crippen LogP contribution in [0.25, 0.3) is 11.3 Å². The Morgan fingerprint density at radius 3 is 2.52 bits per heavy atom. The van der Waals surface area contributed by atoms with Gasteiger partial charge in [-0.2, -0.15) is 0 Å². The largest absolute Gasteiger partial charge is 0.573 e. The Bertz CT molecular complexity index is 957. The minimum Gasteiger partial charge on any atom is -0.406 e. The van der Waals surface area contributed by atoms with Crippen LogP contribution in [0.2, 0.25) is 10.0 Å². The highest BCUT2D eigenvalue weighted by Crippen LogP contribution is 2.30. The SMILES string of the molecule is FC(F)(F)Oc1cccc(SNc2cc(-c3ccc(Cl)c(Cl)c3)ncn2)c1. The maximum absolute atomic E-state index is 12.3. The van der Waals surface area contributed by atoms with E-state index in [2.05, 4.69) is 19.4 Å². The van der Waals surface area contributed by atoms with E-state index in [-0.39, 0.29) is 5.75 Å². The molecular formula is C17H10Cl2F3N3OS. The minimum atomic E-state index is -4.74. The van der Waals surface area contributed by atoms with E-state index in [1.807, 2.05) is 0 Å². The number of alkyl halides is 3. The van der Waals surface area contributed by atoms with Gasteiger partial charge in [0, 0.05) is 16.5 Å². The van der Waals surface area contributed by atoms with E-state index in [0.29, 0.717) is 26.5 Å². The monoisotopic (exact) mass is 431 g/mol. The van der Waals surface area contributed by atoms with Crippen LogP contribution in [0.1, 0.15) is 0 Å². The molecule has 140 valence electrons. The highest BCUT2D eigenvalue weighted by Gasteiger charge is 2.31. The lowest BCUT2D eigenvalue weighted by Crippen LogP contribution is -2.17. The lowest BCUT2D eigenvalue weighted by Gasteiger charge is -2.10. The van der Waals surface area contributed by atoms with Crippen LogP contribution in [0.4, 0.5) is 19.0 Å². The van der Waals surface area contributed by atoms with Gasteiger partial charge < -0.3 is 9.46 Å². The van der Waals surface area contributed by atoms with E-state index < -0.39 is 6.36 Å². The number of rotatable bonds is 5. The Kier molecular flexibility index (Phi) is 5.98. The van der Waals surface area contributed by atoms with E-state index in [9.17, 15) is 13.2 Å². The molecule has 1 heterocycles. The van der Waals surface area contributed by atoms with Crippen LogP contribution in [0, 0.1) is 0 Å². The van der Waals surface area contributed by atoms with E-state index in [1.54, 1.807) is 30.3 Å². The molecule has 0 saturated heterocycles. The van der Waals surface area contributed by atoms with Gasteiger partial charge in [-0.25, -0.2) is 9.97 Å². The van der Waals surface area contributed by atoms with Crippen molar-refractivity contribution >= 4 is 41.0 Å². The van der Waals surface area contributed by atoms with Crippen molar-refractivity contribution in [3.05, 3.63) is 64.9 Å². The van der Waals surface area contributed by atoms with Crippen LogP contribution in [0.3, 0.4) is 0 Å². The third kappa shape index (κ3) is 5.66. The second-order valence-corrected chi connectivity index (χ2v) is 6.84. The first-order valence-electron chi connectivity index (χ1n) is 7.36. The van der Waals surface area contributed by atoms with Crippen LogP contribution < -0.4 is 9.46 Å². The van der Waals surface area contributed by atoms with E-state index in [1.165, 1.54) is 24.5 Å². The van der Waals surface area contributed by atoms with Crippen LogP contribution in [-0.4, -0.2) is 16.3 Å². The van der Waals surface area contributed by atoms with Gasteiger partial charge in [0.05, 0.1) is 15.7 Å². The van der Waals surface area contributed by atoms with Crippen LogP contribution >= 0.6 is 35.1 Å². The third-order valence-corrected chi connectivity index (χ3v) is 4.73. The molecule has 0 fully saturated rings. The van der Waals surface area contributed by atoms with Crippen molar-refractivity contribution in [2.45, 2.75) is 11.3 Å². The molecule has 10 heteroatoms. The zero-order valence-electron chi connectivity index (χ0n) is 13.3. The second-order valence-electron chi connectivity index (χ2n) is 5.14. The van der Waals surface area contributed by atoms with Gasteiger partial charge in [0.25, 0.3) is 0 Å². The molecule has 0 bridgehead atoms. The Morgan fingerprint density at radius 2 is 1.78 bits per heavy atom. The second kappa shape index (κ2) is 8.24. The van der Waals surface area contributed by atoms with Gasteiger partial charge in [0.1, 0.15) is 17.9 Å². The summed E-state index contributed by atoms with van der Waals surface area (Å²) in [5, 5.41) is 0.836. The molecule has 0 saturated carbocycles. The van der Waals surface area contributed by atoms with Gasteiger partial charge in [0.2, 0.25) is 0 Å². The average Bonchev–Trinajstić information content (AvgIpc) is 2.61. The minimum absolute atomic E-state index is 0.298. The van der Waals surface area contributed by atoms with Crippen molar-refractivity contribution < 1.29 is 17.9 Å². The normalized spacial score (nSPS) is 11.3. The first-order valence-corrected chi connectivity index (χ1v) is 8.93. The fourth-order valence-electron chi connectivity index (χ4n) is 2.07. The zero-order valence-corrected chi connectivity index (χ0v) is 15.6. The predicted molar refractivity (Wildman–Crippen MR) is 100 cm³/mol. The first-order chi connectivity index (χ1) is 12.8. The lowest BCUT2D eigenvalue weighted by molar-refractivity contribution is -0.274. The highest BCUT2D eigenvalue weighted by molar-refractivity contribution is 8.00. The van der Waals surface area contributed by atoms with E-state index >= 15 is 0 Å². The number of benzene rings is 2. The van der Waals surface area contributed by atoms with Crippen molar-refractivity contribution in [2.24, 2.45) is 0 Å². The first kappa shape index (κ1) is 19.6. The molecule has 3 aromatic rings. The third-order valence-electron chi connectivity index (χ3n) is 3.19. The summed E-state index contributed by atoms with van der Waals surface area (Å²) in [6, 6.07) is 12.4. The van der Waals surface area contributed by atoms with Gasteiger partial charge in [-0.3, -0.25) is 0 Å². The Hall–Kier alpha value is -2.16. The number of hydrogen-bond acceptors (Lipinski definition) is 5. The predicted octanol–water partition coefficient (Wildman–Crippen LogP) is 6.47. The van der Waals surface area contributed by atoms with Gasteiger partial charge in [-0.1, -0.05) is 35.3 Å². The van der Waals surface area contributed by atoms with E-state index in [0.717, 1.165) is 17.5 Å². The topological polar surface area (TPSA) is 47.0 Å². The molecule has 0 aliphatic carbocycles. The quantitative estimate of drug-likeness (QED) is 0.469. The molecule has 0 spiro atoms. The standard InChI is InChI=1S/C17H10Cl2F3N3OS/c18-13-5-4-10(6-14(13)19)15-8-16(24-9-23-15)25-27-12-3-1-2-11(7-12)26-17(20,21)22/h1-9H,(H,23,24,25). The maximum Gasteiger partial charge on any atom is 0.573 e. The maximum atomic E-state index is 12.3. The molecule has 0 radical (unpaired) electrons. The summed E-state index contributed by atoms with van der Waals surface area (Å²) in [7, 11) is 0. The summed E-state index contributed by atoms with van der Waals surface area (Å²) >= 11 is 13.0. The van der Waals surface area contributed by atoms with Crippen molar-refractivity contribution in [2.75, 3.05) is 4.72 Å². The lowest BCUT2D eigenvalue weighted by atomic mass is 10.1. The number of hydrogen-bond donors (Lipinski definition) is 1. The Morgan fingerprint density at radius 1 is 0.963 bits per heavy atom. The van der Waals surface area contributed by atoms with Gasteiger partial charge in [-0.05, 0) is 42.3 Å². The molecule has 0 amide bonds.